The molecule has 5 nitrogen and oxygen atoms in total. The summed E-state index contributed by atoms with van der Waals surface area (Å²) in [6.07, 6.45) is 0. The van der Waals surface area contributed by atoms with Gasteiger partial charge in [-0.25, -0.2) is 0 Å². The number of aromatic carboxylic acids is 1. The minimum Gasteiger partial charge on any atom is -0.545 e. The van der Waals surface area contributed by atoms with Gasteiger partial charge in [-0.2, -0.15) is 0 Å². The van der Waals surface area contributed by atoms with E-state index in [0.29, 0.717) is 6.54 Å². The fourth-order valence-corrected chi connectivity index (χ4v) is 1.95. The van der Waals surface area contributed by atoms with E-state index < -0.39 is 11.9 Å². The smallest absolute Gasteiger partial charge is 0.261 e. The monoisotopic (exact) mass is 246 g/mol. The molecule has 94 valence electrons. The van der Waals surface area contributed by atoms with Gasteiger partial charge in [-0.05, 0) is 23.6 Å². The van der Waals surface area contributed by atoms with Crippen molar-refractivity contribution >= 4 is 17.8 Å². The first kappa shape index (κ1) is 12.3. The topological polar surface area (TPSA) is 77.5 Å². The lowest BCUT2D eigenvalue weighted by Gasteiger charge is -2.15. The van der Waals surface area contributed by atoms with Crippen LogP contribution in [0.2, 0.25) is 0 Å². The predicted molar refractivity (Wildman–Crippen MR) is 61.0 cm³/mol. The van der Waals surface area contributed by atoms with Crippen LogP contribution < -0.4 is 5.11 Å². The van der Waals surface area contributed by atoms with Gasteiger partial charge in [0.05, 0.1) is 17.1 Å². The fourth-order valence-electron chi connectivity index (χ4n) is 1.95. The second-order valence-corrected chi connectivity index (χ2v) is 4.66. The molecule has 0 atom stereocenters. The number of rotatable bonds is 3. The standard InChI is InChI=1S/C13H13NO4/c1-7(2)6-14-11(15)9-4-3-8(13(17)18)5-10(9)12(14)16/h3-5,7H,6H2,1-2H3,(H,17,18)/p-1. The molecule has 1 heterocycles. The third-order valence-corrected chi connectivity index (χ3v) is 2.75. The summed E-state index contributed by atoms with van der Waals surface area (Å²) in [7, 11) is 0. The zero-order valence-corrected chi connectivity index (χ0v) is 10.1. The van der Waals surface area contributed by atoms with Crippen LogP contribution >= 0.6 is 0 Å². The van der Waals surface area contributed by atoms with Gasteiger partial charge in [0.1, 0.15) is 0 Å². The SMILES string of the molecule is CC(C)CN1C(=O)c2ccc(C(=O)[O-])cc2C1=O. The molecule has 0 saturated carbocycles. The molecule has 0 spiro atoms. The highest BCUT2D eigenvalue weighted by atomic mass is 16.4. The Kier molecular flexibility index (Phi) is 2.90. The summed E-state index contributed by atoms with van der Waals surface area (Å²) in [5.74, 6) is -2.01. The summed E-state index contributed by atoms with van der Waals surface area (Å²) in [5.41, 5.74) is 0.300. The summed E-state index contributed by atoms with van der Waals surface area (Å²) in [6.45, 7) is 4.12. The van der Waals surface area contributed by atoms with Crippen molar-refractivity contribution in [1.29, 1.82) is 0 Å². The zero-order valence-electron chi connectivity index (χ0n) is 10.1. The van der Waals surface area contributed by atoms with E-state index in [-0.39, 0.29) is 28.5 Å². The van der Waals surface area contributed by atoms with Gasteiger partial charge >= 0.3 is 0 Å². The first-order chi connectivity index (χ1) is 8.41. The maximum absolute atomic E-state index is 12.0. The zero-order chi connectivity index (χ0) is 13.4. The molecular weight excluding hydrogens is 234 g/mol. The molecule has 0 bridgehead atoms. The lowest BCUT2D eigenvalue weighted by Crippen LogP contribution is -2.33. The molecule has 0 unspecified atom stereocenters. The number of carbonyl (C=O) groups excluding carboxylic acids is 3. The van der Waals surface area contributed by atoms with E-state index in [9.17, 15) is 19.5 Å². The van der Waals surface area contributed by atoms with E-state index in [1.807, 2.05) is 13.8 Å². The van der Waals surface area contributed by atoms with Gasteiger partial charge in [-0.3, -0.25) is 14.5 Å². The number of benzene rings is 1. The Hall–Kier alpha value is -2.17. The van der Waals surface area contributed by atoms with Gasteiger partial charge in [0.25, 0.3) is 11.8 Å². The molecule has 5 heteroatoms. The second-order valence-electron chi connectivity index (χ2n) is 4.66. The minimum atomic E-state index is -1.36. The maximum atomic E-state index is 12.0. The number of carbonyl (C=O) groups is 3. The molecule has 2 rings (SSSR count). The van der Waals surface area contributed by atoms with Crippen LogP contribution in [-0.2, 0) is 0 Å². The van der Waals surface area contributed by atoms with Crippen molar-refractivity contribution in [2.24, 2.45) is 5.92 Å². The number of imide groups is 1. The molecule has 2 amide bonds. The van der Waals surface area contributed by atoms with Crippen molar-refractivity contribution in [3.05, 3.63) is 34.9 Å². The van der Waals surface area contributed by atoms with Crippen molar-refractivity contribution in [1.82, 2.24) is 4.90 Å². The van der Waals surface area contributed by atoms with Crippen LogP contribution in [0.25, 0.3) is 0 Å². The van der Waals surface area contributed by atoms with Crippen LogP contribution in [0.3, 0.4) is 0 Å². The minimum absolute atomic E-state index is 0.0960. The molecule has 0 aromatic heterocycles. The molecule has 1 aromatic carbocycles. The number of fused-ring (bicyclic) bond motifs is 1. The summed E-state index contributed by atoms with van der Waals surface area (Å²) in [5, 5.41) is 10.7. The van der Waals surface area contributed by atoms with Crippen molar-refractivity contribution in [3.63, 3.8) is 0 Å². The van der Waals surface area contributed by atoms with Crippen LogP contribution in [-0.4, -0.2) is 29.2 Å². The molecule has 0 fully saturated rings. The Morgan fingerprint density at radius 1 is 1.22 bits per heavy atom. The Bertz CT molecular complexity index is 548. The molecule has 1 aliphatic heterocycles. The molecule has 18 heavy (non-hydrogen) atoms. The predicted octanol–water partition coefficient (Wildman–Crippen LogP) is 0.302. The van der Waals surface area contributed by atoms with Crippen molar-refractivity contribution < 1.29 is 19.5 Å². The largest absolute Gasteiger partial charge is 0.545 e. The van der Waals surface area contributed by atoms with E-state index in [1.165, 1.54) is 18.2 Å². The van der Waals surface area contributed by atoms with Crippen molar-refractivity contribution in [2.75, 3.05) is 6.54 Å². The Balaban J connectivity index is 2.42. The highest BCUT2D eigenvalue weighted by Crippen LogP contribution is 2.24. The van der Waals surface area contributed by atoms with E-state index in [4.69, 9.17) is 0 Å². The number of hydrogen-bond acceptors (Lipinski definition) is 4. The van der Waals surface area contributed by atoms with Gasteiger partial charge in [-0.1, -0.05) is 19.9 Å². The normalized spacial score (nSPS) is 14.3. The molecular formula is C13H12NO4-. The Morgan fingerprint density at radius 3 is 2.39 bits per heavy atom. The van der Waals surface area contributed by atoms with Gasteiger partial charge in [0.2, 0.25) is 0 Å². The van der Waals surface area contributed by atoms with Crippen LogP contribution in [0.15, 0.2) is 18.2 Å². The highest BCUT2D eigenvalue weighted by Gasteiger charge is 2.35. The number of carboxylic acids is 1. The van der Waals surface area contributed by atoms with Crippen molar-refractivity contribution in [3.8, 4) is 0 Å². The van der Waals surface area contributed by atoms with E-state index in [0.717, 1.165) is 4.90 Å². The molecule has 1 aliphatic rings. The lowest BCUT2D eigenvalue weighted by atomic mass is 10.1. The molecule has 0 N–H and O–H groups in total. The summed E-state index contributed by atoms with van der Waals surface area (Å²) < 4.78 is 0. The Morgan fingerprint density at radius 2 is 1.83 bits per heavy atom. The van der Waals surface area contributed by atoms with E-state index >= 15 is 0 Å². The van der Waals surface area contributed by atoms with Crippen molar-refractivity contribution in [2.45, 2.75) is 13.8 Å². The van der Waals surface area contributed by atoms with Crippen LogP contribution in [0, 0.1) is 5.92 Å². The maximum Gasteiger partial charge on any atom is 0.261 e. The molecule has 0 saturated heterocycles. The van der Waals surface area contributed by atoms with Crippen LogP contribution in [0.4, 0.5) is 0 Å². The molecule has 1 aromatic rings. The lowest BCUT2D eigenvalue weighted by molar-refractivity contribution is -0.255. The number of carboxylic acid groups (broad SMARTS) is 1. The molecule has 0 radical (unpaired) electrons. The van der Waals surface area contributed by atoms with Crippen LogP contribution in [0.5, 0.6) is 0 Å². The number of nitrogens with zero attached hydrogens (tertiary/aromatic N) is 1. The number of amides is 2. The fraction of sp³-hybridized carbons (Fsp3) is 0.308. The van der Waals surface area contributed by atoms with E-state index in [1.54, 1.807) is 0 Å². The van der Waals surface area contributed by atoms with Gasteiger partial charge < -0.3 is 9.90 Å². The highest BCUT2D eigenvalue weighted by molar-refractivity contribution is 6.21. The van der Waals surface area contributed by atoms with Gasteiger partial charge in [-0.15, -0.1) is 0 Å². The van der Waals surface area contributed by atoms with Gasteiger partial charge in [0.15, 0.2) is 0 Å². The van der Waals surface area contributed by atoms with Gasteiger partial charge in [0, 0.05) is 6.54 Å². The summed E-state index contributed by atoms with van der Waals surface area (Å²) >= 11 is 0. The summed E-state index contributed by atoms with van der Waals surface area (Å²) in [6, 6.07) is 3.84. The van der Waals surface area contributed by atoms with E-state index in [2.05, 4.69) is 0 Å². The third-order valence-electron chi connectivity index (χ3n) is 2.75. The number of hydrogen-bond donors (Lipinski definition) is 0. The first-order valence-corrected chi connectivity index (χ1v) is 5.63. The van der Waals surface area contributed by atoms with Crippen LogP contribution in [0.1, 0.15) is 44.9 Å². The second kappa shape index (κ2) is 4.25. The average Bonchev–Trinajstić information content (AvgIpc) is 2.53. The first-order valence-electron chi connectivity index (χ1n) is 5.63. The third kappa shape index (κ3) is 1.88. The average molecular weight is 246 g/mol. The summed E-state index contributed by atoms with van der Waals surface area (Å²) in [4.78, 5) is 35.8. The quantitative estimate of drug-likeness (QED) is 0.719. The molecule has 0 aliphatic carbocycles. The Labute approximate surface area is 104 Å².